The Morgan fingerprint density at radius 3 is 2.77 bits per heavy atom. The summed E-state index contributed by atoms with van der Waals surface area (Å²) < 4.78 is 0. The zero-order chi connectivity index (χ0) is 9.68. The summed E-state index contributed by atoms with van der Waals surface area (Å²) in [5.41, 5.74) is 2.30. The van der Waals surface area contributed by atoms with Crippen molar-refractivity contribution in [3.05, 3.63) is 29.8 Å². The first-order valence-corrected chi connectivity index (χ1v) is 4.68. The van der Waals surface area contributed by atoms with Crippen molar-refractivity contribution < 1.29 is 5.11 Å². The van der Waals surface area contributed by atoms with Crippen LogP contribution in [-0.4, -0.2) is 17.8 Å². The van der Waals surface area contributed by atoms with Crippen LogP contribution < -0.4 is 5.32 Å². The normalized spacial score (nSPS) is 10.5. The van der Waals surface area contributed by atoms with Crippen molar-refractivity contribution in [1.29, 1.82) is 0 Å². The number of hydrogen-bond acceptors (Lipinski definition) is 2. The highest BCUT2D eigenvalue weighted by atomic mass is 16.2. The van der Waals surface area contributed by atoms with Gasteiger partial charge in [0.1, 0.15) is 0 Å². The molecule has 0 aliphatic heterocycles. The zero-order valence-electron chi connectivity index (χ0n) is 8.25. The third kappa shape index (κ3) is 3.47. The van der Waals surface area contributed by atoms with E-state index in [9.17, 15) is 0 Å². The molecule has 0 fully saturated rings. The molecular formula is C11H17NO. The highest BCUT2D eigenvalue weighted by Crippen LogP contribution is 2.11. The number of nitrogens with one attached hydrogen (secondary N) is 1. The van der Waals surface area contributed by atoms with E-state index in [4.69, 9.17) is 5.11 Å². The van der Waals surface area contributed by atoms with Gasteiger partial charge in [-0.15, -0.1) is 0 Å². The van der Waals surface area contributed by atoms with Gasteiger partial charge in [-0.3, -0.25) is 0 Å². The van der Waals surface area contributed by atoms with E-state index in [2.05, 4.69) is 25.2 Å². The molecule has 0 aromatic heterocycles. The summed E-state index contributed by atoms with van der Waals surface area (Å²) in [4.78, 5) is 0. The van der Waals surface area contributed by atoms with Crippen LogP contribution in [0.2, 0.25) is 0 Å². The van der Waals surface area contributed by atoms with Crippen LogP contribution in [0.1, 0.15) is 19.4 Å². The lowest BCUT2D eigenvalue weighted by Gasteiger charge is -2.10. The van der Waals surface area contributed by atoms with Gasteiger partial charge in [0.05, 0.1) is 0 Å². The van der Waals surface area contributed by atoms with E-state index in [0.717, 1.165) is 12.1 Å². The molecule has 13 heavy (non-hydrogen) atoms. The van der Waals surface area contributed by atoms with Gasteiger partial charge in [-0.25, -0.2) is 0 Å². The van der Waals surface area contributed by atoms with E-state index in [1.807, 2.05) is 18.2 Å². The molecule has 1 aromatic carbocycles. The molecule has 2 nitrogen and oxygen atoms in total. The molecule has 0 heterocycles. The molecule has 2 N–H and O–H groups in total. The summed E-state index contributed by atoms with van der Waals surface area (Å²) >= 11 is 0. The van der Waals surface area contributed by atoms with Crippen molar-refractivity contribution in [3.8, 4) is 0 Å². The second kappa shape index (κ2) is 4.87. The predicted molar refractivity (Wildman–Crippen MR) is 56.0 cm³/mol. The van der Waals surface area contributed by atoms with Crippen LogP contribution in [0.5, 0.6) is 0 Å². The summed E-state index contributed by atoms with van der Waals surface area (Å²) in [6.07, 6.45) is 0.730. The van der Waals surface area contributed by atoms with E-state index in [0.29, 0.717) is 6.04 Å². The molecule has 0 unspecified atom stereocenters. The van der Waals surface area contributed by atoms with Crippen LogP contribution >= 0.6 is 0 Å². The van der Waals surface area contributed by atoms with Crippen molar-refractivity contribution in [2.75, 3.05) is 11.9 Å². The fraction of sp³-hybridized carbons (Fsp3) is 0.455. The summed E-state index contributed by atoms with van der Waals surface area (Å²) in [7, 11) is 0. The van der Waals surface area contributed by atoms with E-state index >= 15 is 0 Å². The van der Waals surface area contributed by atoms with Gasteiger partial charge in [0, 0.05) is 18.3 Å². The van der Waals surface area contributed by atoms with Crippen molar-refractivity contribution in [3.63, 3.8) is 0 Å². The summed E-state index contributed by atoms with van der Waals surface area (Å²) in [5.74, 6) is 0. The Morgan fingerprint density at radius 1 is 1.38 bits per heavy atom. The monoisotopic (exact) mass is 179 g/mol. The maximum absolute atomic E-state index is 8.77. The first-order chi connectivity index (χ1) is 6.22. The standard InChI is InChI=1S/C11H17NO/c1-9(2)12-11-5-3-4-10(8-11)6-7-13/h3-5,8-9,12-13H,6-7H2,1-2H3. The maximum atomic E-state index is 8.77. The lowest BCUT2D eigenvalue weighted by Crippen LogP contribution is -2.09. The third-order valence-corrected chi connectivity index (χ3v) is 1.78. The highest BCUT2D eigenvalue weighted by molar-refractivity contribution is 5.46. The number of aliphatic hydroxyl groups excluding tert-OH is 1. The SMILES string of the molecule is CC(C)Nc1cccc(CCO)c1. The van der Waals surface area contributed by atoms with Gasteiger partial charge in [0.2, 0.25) is 0 Å². The van der Waals surface area contributed by atoms with Crippen molar-refractivity contribution in [2.45, 2.75) is 26.3 Å². The molecule has 2 heteroatoms. The van der Waals surface area contributed by atoms with Crippen molar-refractivity contribution >= 4 is 5.69 Å². The van der Waals surface area contributed by atoms with Crippen LogP contribution in [0.15, 0.2) is 24.3 Å². The Labute approximate surface area is 79.6 Å². The summed E-state index contributed by atoms with van der Waals surface area (Å²) in [6, 6.07) is 8.61. The van der Waals surface area contributed by atoms with E-state index < -0.39 is 0 Å². The molecule has 0 aliphatic rings. The van der Waals surface area contributed by atoms with E-state index in [1.165, 1.54) is 5.56 Å². The molecule has 0 amide bonds. The number of rotatable bonds is 4. The maximum Gasteiger partial charge on any atom is 0.0471 e. The molecule has 1 rings (SSSR count). The molecule has 0 saturated heterocycles. The van der Waals surface area contributed by atoms with Crippen LogP contribution in [-0.2, 0) is 6.42 Å². The predicted octanol–water partition coefficient (Wildman–Crippen LogP) is 2.04. The first-order valence-electron chi connectivity index (χ1n) is 4.68. The minimum Gasteiger partial charge on any atom is -0.396 e. The quantitative estimate of drug-likeness (QED) is 0.741. The second-order valence-electron chi connectivity index (χ2n) is 3.47. The summed E-state index contributed by atoms with van der Waals surface area (Å²) in [5, 5.41) is 12.1. The van der Waals surface area contributed by atoms with Gasteiger partial charge in [-0.2, -0.15) is 0 Å². The van der Waals surface area contributed by atoms with Gasteiger partial charge < -0.3 is 10.4 Å². The van der Waals surface area contributed by atoms with Gasteiger partial charge in [-0.05, 0) is 38.0 Å². The average molecular weight is 179 g/mol. The minimum atomic E-state index is 0.213. The van der Waals surface area contributed by atoms with Crippen LogP contribution in [0.25, 0.3) is 0 Å². The fourth-order valence-electron chi connectivity index (χ4n) is 1.28. The molecule has 0 bridgehead atoms. The Morgan fingerprint density at radius 2 is 2.15 bits per heavy atom. The summed E-state index contributed by atoms with van der Waals surface area (Å²) in [6.45, 7) is 4.43. The molecule has 0 aliphatic carbocycles. The highest BCUT2D eigenvalue weighted by Gasteiger charge is 1.96. The van der Waals surface area contributed by atoms with Gasteiger partial charge in [0.15, 0.2) is 0 Å². The Kier molecular flexibility index (Phi) is 3.77. The van der Waals surface area contributed by atoms with E-state index in [1.54, 1.807) is 0 Å². The largest absolute Gasteiger partial charge is 0.396 e. The van der Waals surface area contributed by atoms with Crippen molar-refractivity contribution in [2.24, 2.45) is 0 Å². The van der Waals surface area contributed by atoms with Gasteiger partial charge >= 0.3 is 0 Å². The number of hydrogen-bond donors (Lipinski definition) is 2. The molecule has 1 aromatic rings. The Bertz CT molecular complexity index is 258. The van der Waals surface area contributed by atoms with Crippen LogP contribution in [0, 0.1) is 0 Å². The average Bonchev–Trinajstić information content (AvgIpc) is 2.04. The number of aliphatic hydroxyl groups is 1. The van der Waals surface area contributed by atoms with Crippen LogP contribution in [0.4, 0.5) is 5.69 Å². The lowest BCUT2D eigenvalue weighted by molar-refractivity contribution is 0.299. The molecule has 0 saturated carbocycles. The van der Waals surface area contributed by atoms with Gasteiger partial charge in [0.25, 0.3) is 0 Å². The number of benzene rings is 1. The topological polar surface area (TPSA) is 32.3 Å². The molecule has 0 atom stereocenters. The second-order valence-corrected chi connectivity index (χ2v) is 3.47. The molecular weight excluding hydrogens is 162 g/mol. The third-order valence-electron chi connectivity index (χ3n) is 1.78. The fourth-order valence-corrected chi connectivity index (χ4v) is 1.28. The molecule has 72 valence electrons. The van der Waals surface area contributed by atoms with E-state index in [-0.39, 0.29) is 6.61 Å². The Balaban J connectivity index is 2.67. The lowest BCUT2D eigenvalue weighted by atomic mass is 10.1. The van der Waals surface area contributed by atoms with Crippen molar-refractivity contribution in [1.82, 2.24) is 0 Å². The Hall–Kier alpha value is -1.02. The number of anilines is 1. The first kappa shape index (κ1) is 10.1. The molecule has 0 radical (unpaired) electrons. The van der Waals surface area contributed by atoms with Crippen LogP contribution in [0.3, 0.4) is 0 Å². The zero-order valence-corrected chi connectivity index (χ0v) is 8.25. The van der Waals surface area contributed by atoms with Gasteiger partial charge in [-0.1, -0.05) is 12.1 Å². The minimum absolute atomic E-state index is 0.213. The smallest absolute Gasteiger partial charge is 0.0471 e. The molecule has 0 spiro atoms.